The fourth-order valence-corrected chi connectivity index (χ4v) is 3.20. The summed E-state index contributed by atoms with van der Waals surface area (Å²) in [5.74, 6) is -6.76. The van der Waals surface area contributed by atoms with Crippen LogP contribution in [0.3, 0.4) is 0 Å². The second-order valence-electron chi connectivity index (χ2n) is 7.45. The van der Waals surface area contributed by atoms with Crippen molar-refractivity contribution >= 4 is 35.6 Å². The number of hydrogen-bond donors (Lipinski definition) is 7. The molecule has 5 atom stereocenters. The predicted octanol–water partition coefficient (Wildman–Crippen LogP) is -2.92. The average molecular weight is 460 g/mol. The van der Waals surface area contributed by atoms with Crippen LogP contribution in [0.15, 0.2) is 0 Å². The number of carbonyl (C=O) groups excluding carboxylic acids is 3. The van der Waals surface area contributed by atoms with E-state index in [9.17, 15) is 39.0 Å². The maximum atomic E-state index is 12.8. The van der Waals surface area contributed by atoms with E-state index in [1.165, 1.54) is 6.92 Å². The Morgan fingerprint density at radius 3 is 2.16 bits per heavy atom. The lowest BCUT2D eigenvalue weighted by Gasteiger charge is -2.30. The van der Waals surface area contributed by atoms with Gasteiger partial charge in [0.05, 0.1) is 18.6 Å². The molecule has 1 heterocycles. The Morgan fingerprint density at radius 1 is 1.03 bits per heavy atom. The lowest BCUT2D eigenvalue weighted by Crippen LogP contribution is -2.60. The van der Waals surface area contributed by atoms with Gasteiger partial charge in [-0.25, -0.2) is 4.79 Å². The monoisotopic (exact) mass is 460 g/mol. The van der Waals surface area contributed by atoms with E-state index in [0.717, 1.165) is 4.90 Å². The molecule has 180 valence electrons. The molecule has 5 unspecified atom stereocenters. The van der Waals surface area contributed by atoms with E-state index in [1.54, 1.807) is 0 Å². The average Bonchev–Trinajstić information content (AvgIpc) is 3.17. The van der Waals surface area contributed by atoms with Crippen LogP contribution in [0.2, 0.25) is 0 Å². The molecule has 1 aliphatic rings. The van der Waals surface area contributed by atoms with Crippen LogP contribution in [-0.2, 0) is 28.8 Å². The Labute approximate surface area is 182 Å². The smallest absolute Gasteiger partial charge is 0.326 e. The molecule has 0 aliphatic carbocycles. The number of rotatable bonds is 12. The molecule has 1 saturated heterocycles. The maximum Gasteiger partial charge on any atom is 0.326 e. The molecule has 1 rings (SSSR count). The van der Waals surface area contributed by atoms with Crippen LogP contribution in [0.1, 0.15) is 39.0 Å². The summed E-state index contributed by atoms with van der Waals surface area (Å²) in [6.07, 6.45) is -2.50. The molecular weight excluding hydrogens is 432 g/mol. The fraction of sp³-hybridized carbons (Fsp3) is 0.667. The summed E-state index contributed by atoms with van der Waals surface area (Å²) in [7, 11) is 0. The summed E-state index contributed by atoms with van der Waals surface area (Å²) in [4.78, 5) is 71.6. The van der Waals surface area contributed by atoms with E-state index in [0.29, 0.717) is 6.42 Å². The van der Waals surface area contributed by atoms with Gasteiger partial charge in [-0.1, -0.05) is 0 Å². The van der Waals surface area contributed by atoms with Gasteiger partial charge in [-0.15, -0.1) is 0 Å². The fourth-order valence-electron chi connectivity index (χ4n) is 3.20. The van der Waals surface area contributed by atoms with Gasteiger partial charge in [0, 0.05) is 13.0 Å². The Kier molecular flexibility index (Phi) is 10.00. The van der Waals surface area contributed by atoms with Crippen molar-refractivity contribution in [3.8, 4) is 0 Å². The molecule has 0 saturated carbocycles. The first-order valence-corrected chi connectivity index (χ1v) is 9.86. The summed E-state index contributed by atoms with van der Waals surface area (Å²) >= 11 is 0. The molecule has 8 N–H and O–H groups in total. The number of nitrogens with zero attached hydrogens (tertiary/aromatic N) is 1. The normalized spacial score (nSPS) is 19.3. The van der Waals surface area contributed by atoms with Crippen LogP contribution >= 0.6 is 0 Å². The summed E-state index contributed by atoms with van der Waals surface area (Å²) in [6, 6.07) is -5.68. The van der Waals surface area contributed by atoms with Crippen molar-refractivity contribution in [1.29, 1.82) is 0 Å². The number of aliphatic hydroxyl groups is 1. The van der Waals surface area contributed by atoms with Gasteiger partial charge in [0.1, 0.15) is 18.1 Å². The number of likely N-dealkylation sites (tertiary alicyclic amines) is 1. The van der Waals surface area contributed by atoms with E-state index in [2.05, 4.69) is 10.6 Å². The first-order valence-electron chi connectivity index (χ1n) is 9.86. The number of aliphatic carboxylic acids is 3. The molecule has 0 spiro atoms. The minimum Gasteiger partial charge on any atom is -0.481 e. The summed E-state index contributed by atoms with van der Waals surface area (Å²) in [6.45, 7) is 1.31. The second kappa shape index (κ2) is 12.0. The number of carbonyl (C=O) groups is 6. The molecule has 0 aromatic heterocycles. The van der Waals surface area contributed by atoms with Gasteiger partial charge in [-0.05, 0) is 26.2 Å². The van der Waals surface area contributed by atoms with Gasteiger partial charge < -0.3 is 41.7 Å². The number of nitrogens with one attached hydrogen (secondary N) is 2. The molecule has 14 nitrogen and oxygen atoms in total. The lowest BCUT2D eigenvalue weighted by molar-refractivity contribution is -0.150. The highest BCUT2D eigenvalue weighted by Crippen LogP contribution is 2.19. The second-order valence-corrected chi connectivity index (χ2v) is 7.45. The van der Waals surface area contributed by atoms with E-state index in [4.69, 9.17) is 15.9 Å². The van der Waals surface area contributed by atoms with Crippen LogP contribution in [0.25, 0.3) is 0 Å². The van der Waals surface area contributed by atoms with Gasteiger partial charge in [0.25, 0.3) is 0 Å². The molecule has 14 heteroatoms. The van der Waals surface area contributed by atoms with E-state index in [-0.39, 0.29) is 13.0 Å². The first kappa shape index (κ1) is 26.8. The Morgan fingerprint density at radius 2 is 1.66 bits per heavy atom. The van der Waals surface area contributed by atoms with Crippen LogP contribution in [-0.4, -0.2) is 97.8 Å². The third-order valence-electron chi connectivity index (χ3n) is 4.88. The number of hydrogen-bond acceptors (Lipinski definition) is 8. The van der Waals surface area contributed by atoms with Gasteiger partial charge >= 0.3 is 17.9 Å². The summed E-state index contributed by atoms with van der Waals surface area (Å²) in [5.41, 5.74) is 5.45. The van der Waals surface area contributed by atoms with E-state index >= 15 is 0 Å². The molecule has 0 aromatic rings. The van der Waals surface area contributed by atoms with Crippen molar-refractivity contribution in [2.75, 3.05) is 6.54 Å². The SMILES string of the molecule is CC(O)C(NC(=O)C(CCC(=O)O)NC(=O)C(N)CC(=O)O)C(=O)N1CCCC1C(=O)O. The third kappa shape index (κ3) is 7.77. The molecule has 1 fully saturated rings. The quantitative estimate of drug-likeness (QED) is 0.156. The minimum absolute atomic E-state index is 0.109. The third-order valence-corrected chi connectivity index (χ3v) is 4.88. The number of aliphatic hydroxyl groups excluding tert-OH is 1. The number of amides is 3. The zero-order valence-electron chi connectivity index (χ0n) is 17.4. The number of carboxylic acid groups (broad SMARTS) is 3. The molecule has 0 radical (unpaired) electrons. The van der Waals surface area contributed by atoms with Crippen LogP contribution in [0.5, 0.6) is 0 Å². The van der Waals surface area contributed by atoms with Gasteiger partial charge in [-0.3, -0.25) is 24.0 Å². The summed E-state index contributed by atoms with van der Waals surface area (Å²) < 4.78 is 0. The molecular formula is C18H28N4O10. The Bertz CT molecular complexity index is 756. The van der Waals surface area contributed by atoms with Crippen molar-refractivity contribution in [2.45, 2.75) is 69.3 Å². The van der Waals surface area contributed by atoms with Crippen LogP contribution < -0.4 is 16.4 Å². The summed E-state index contributed by atoms with van der Waals surface area (Å²) in [5, 5.41) is 41.3. The lowest BCUT2D eigenvalue weighted by atomic mass is 10.1. The van der Waals surface area contributed by atoms with E-state index in [1.807, 2.05) is 0 Å². The zero-order chi connectivity index (χ0) is 24.6. The van der Waals surface area contributed by atoms with Crippen molar-refractivity contribution in [3.63, 3.8) is 0 Å². The standard InChI is InChI=1S/C18H28N4O10/c1-8(23)14(17(30)22-6-2-3-11(22)18(31)32)21-16(29)10(4-5-12(24)25)20-15(28)9(19)7-13(26)27/h8-11,14,23H,2-7,19H2,1H3,(H,20,28)(H,21,29)(H,24,25)(H,26,27)(H,31,32). The topological polar surface area (TPSA) is 237 Å². The Hall–Kier alpha value is -3.26. The van der Waals surface area contributed by atoms with Crippen LogP contribution in [0.4, 0.5) is 0 Å². The van der Waals surface area contributed by atoms with Crippen molar-refractivity contribution < 1.29 is 49.2 Å². The molecule has 0 bridgehead atoms. The molecule has 1 aliphatic heterocycles. The minimum atomic E-state index is -1.56. The highest BCUT2D eigenvalue weighted by Gasteiger charge is 2.40. The zero-order valence-corrected chi connectivity index (χ0v) is 17.4. The van der Waals surface area contributed by atoms with E-state index < -0.39 is 85.2 Å². The van der Waals surface area contributed by atoms with Gasteiger partial charge in [-0.2, -0.15) is 0 Å². The highest BCUT2D eigenvalue weighted by molar-refractivity contribution is 5.95. The largest absolute Gasteiger partial charge is 0.481 e. The first-order chi connectivity index (χ1) is 14.8. The number of nitrogens with two attached hydrogens (primary N) is 1. The maximum absolute atomic E-state index is 12.8. The Balaban J connectivity index is 2.98. The van der Waals surface area contributed by atoms with Gasteiger partial charge in [0.15, 0.2) is 0 Å². The number of carboxylic acids is 3. The van der Waals surface area contributed by atoms with Crippen molar-refractivity contribution in [3.05, 3.63) is 0 Å². The highest BCUT2D eigenvalue weighted by atomic mass is 16.4. The van der Waals surface area contributed by atoms with Crippen molar-refractivity contribution in [1.82, 2.24) is 15.5 Å². The van der Waals surface area contributed by atoms with Crippen molar-refractivity contribution in [2.24, 2.45) is 5.73 Å². The van der Waals surface area contributed by atoms with Crippen LogP contribution in [0, 0.1) is 0 Å². The molecule has 32 heavy (non-hydrogen) atoms. The molecule has 3 amide bonds. The molecule has 0 aromatic carbocycles. The predicted molar refractivity (Wildman–Crippen MR) is 105 cm³/mol. The van der Waals surface area contributed by atoms with Gasteiger partial charge in [0.2, 0.25) is 17.7 Å².